The zero-order chi connectivity index (χ0) is 27.1. The van der Waals surface area contributed by atoms with Crippen LogP contribution in [0.3, 0.4) is 0 Å². The molecule has 5 rings (SSSR count). The number of esters is 1. The third kappa shape index (κ3) is 4.24. The molecule has 1 fully saturated rings. The molecular formula is C27H25N3O7S. The Morgan fingerprint density at radius 3 is 2.45 bits per heavy atom. The summed E-state index contributed by atoms with van der Waals surface area (Å²) in [5.74, 6) is -1.73. The lowest BCUT2D eigenvalue weighted by molar-refractivity contribution is -0.132. The standard InChI is InChI=1S/C27H25N3O7S/c1-14-24(26(34)35-4)38-27(28-14)30-21(15-5-8-17(9-6-15)29(2)3)20(23(32)25(30)33)22(31)16-7-10-18-19(13-16)37-12-11-36-18/h5-10,13,21,31H,11-12H2,1-4H3. The van der Waals surface area contributed by atoms with Gasteiger partial charge in [0, 0.05) is 25.3 Å². The van der Waals surface area contributed by atoms with Gasteiger partial charge < -0.3 is 24.2 Å². The lowest BCUT2D eigenvalue weighted by atomic mass is 9.95. The molecule has 0 spiro atoms. The van der Waals surface area contributed by atoms with Crippen LogP contribution in [0.1, 0.15) is 32.5 Å². The van der Waals surface area contributed by atoms with E-state index in [4.69, 9.17) is 14.2 Å². The molecule has 3 aromatic rings. The number of ether oxygens (including phenoxy) is 3. The van der Waals surface area contributed by atoms with Gasteiger partial charge in [0.05, 0.1) is 24.4 Å². The number of ketones is 1. The summed E-state index contributed by atoms with van der Waals surface area (Å²) < 4.78 is 16.0. The Morgan fingerprint density at radius 2 is 1.79 bits per heavy atom. The van der Waals surface area contributed by atoms with Crippen molar-refractivity contribution in [1.82, 2.24) is 4.98 Å². The monoisotopic (exact) mass is 535 g/mol. The van der Waals surface area contributed by atoms with Crippen molar-refractivity contribution in [3.05, 3.63) is 69.7 Å². The number of carbonyl (C=O) groups excluding carboxylic acids is 3. The predicted molar refractivity (Wildman–Crippen MR) is 141 cm³/mol. The van der Waals surface area contributed by atoms with E-state index in [1.807, 2.05) is 31.1 Å². The molecule has 38 heavy (non-hydrogen) atoms. The Morgan fingerprint density at radius 1 is 1.11 bits per heavy atom. The van der Waals surface area contributed by atoms with E-state index in [1.165, 1.54) is 12.0 Å². The van der Waals surface area contributed by atoms with Gasteiger partial charge in [-0.1, -0.05) is 23.5 Å². The number of aryl methyl sites for hydroxylation is 1. The lowest BCUT2D eigenvalue weighted by Crippen LogP contribution is -2.29. The number of anilines is 2. The Hall–Kier alpha value is -4.38. The van der Waals surface area contributed by atoms with E-state index < -0.39 is 23.7 Å². The van der Waals surface area contributed by atoms with E-state index in [9.17, 15) is 19.5 Å². The van der Waals surface area contributed by atoms with Gasteiger partial charge in [-0.15, -0.1) is 0 Å². The second-order valence-corrected chi connectivity index (χ2v) is 9.89. The molecular weight excluding hydrogens is 510 g/mol. The molecule has 0 saturated carbocycles. The first-order chi connectivity index (χ1) is 18.2. The van der Waals surface area contributed by atoms with Gasteiger partial charge in [0.2, 0.25) is 0 Å². The minimum absolute atomic E-state index is 0.100. The van der Waals surface area contributed by atoms with Crippen LogP contribution in [-0.4, -0.2) is 62.2 Å². The number of carbonyl (C=O) groups is 3. The van der Waals surface area contributed by atoms with Crippen LogP contribution in [0.4, 0.5) is 10.8 Å². The van der Waals surface area contributed by atoms with Crippen molar-refractivity contribution in [2.45, 2.75) is 13.0 Å². The van der Waals surface area contributed by atoms with E-state index >= 15 is 0 Å². The molecule has 196 valence electrons. The Bertz CT molecular complexity index is 1480. The van der Waals surface area contributed by atoms with E-state index in [0.717, 1.165) is 17.0 Å². The fraction of sp³-hybridized carbons (Fsp3) is 0.259. The number of aromatic nitrogens is 1. The summed E-state index contributed by atoms with van der Waals surface area (Å²) in [5.41, 5.74) is 2.06. The predicted octanol–water partition coefficient (Wildman–Crippen LogP) is 3.70. The topological polar surface area (TPSA) is 118 Å². The first-order valence-corrected chi connectivity index (χ1v) is 12.6. The minimum Gasteiger partial charge on any atom is -0.507 e. The molecule has 1 aromatic heterocycles. The van der Waals surface area contributed by atoms with Gasteiger partial charge in [0.25, 0.3) is 5.78 Å². The Balaban J connectivity index is 1.68. The van der Waals surface area contributed by atoms with Crippen LogP contribution in [0.15, 0.2) is 48.0 Å². The molecule has 1 amide bonds. The third-order valence-electron chi connectivity index (χ3n) is 6.35. The Kier molecular flexibility index (Phi) is 6.53. The van der Waals surface area contributed by atoms with E-state index in [0.29, 0.717) is 41.5 Å². The molecule has 1 saturated heterocycles. The van der Waals surface area contributed by atoms with E-state index in [1.54, 1.807) is 37.3 Å². The smallest absolute Gasteiger partial charge is 0.350 e. The molecule has 3 heterocycles. The average Bonchev–Trinajstić information content (AvgIpc) is 3.43. The first-order valence-electron chi connectivity index (χ1n) is 11.7. The van der Waals surface area contributed by atoms with Gasteiger partial charge in [-0.25, -0.2) is 9.78 Å². The number of amides is 1. The van der Waals surface area contributed by atoms with Crippen molar-refractivity contribution >= 4 is 45.6 Å². The van der Waals surface area contributed by atoms with Crippen LogP contribution in [0.25, 0.3) is 5.76 Å². The van der Waals surface area contributed by atoms with Crippen molar-refractivity contribution in [1.29, 1.82) is 0 Å². The molecule has 0 radical (unpaired) electrons. The van der Waals surface area contributed by atoms with E-state index in [2.05, 4.69) is 4.98 Å². The largest absolute Gasteiger partial charge is 0.507 e. The SMILES string of the molecule is COC(=O)c1sc(N2C(=O)C(=O)C(=C(O)c3ccc4c(c3)OCCO4)C2c2ccc(N(C)C)cc2)nc1C. The lowest BCUT2D eigenvalue weighted by Gasteiger charge is -2.24. The average molecular weight is 536 g/mol. The summed E-state index contributed by atoms with van der Waals surface area (Å²) in [4.78, 5) is 46.9. The molecule has 11 heteroatoms. The zero-order valence-corrected chi connectivity index (χ0v) is 22.0. The number of Topliss-reactive ketones (excluding diaryl/α,β-unsaturated/α-hetero) is 1. The van der Waals surface area contributed by atoms with Crippen LogP contribution < -0.4 is 19.3 Å². The summed E-state index contributed by atoms with van der Waals surface area (Å²) in [7, 11) is 5.05. The molecule has 1 N–H and O–H groups in total. The number of methoxy groups -OCH3 is 1. The van der Waals surface area contributed by atoms with Gasteiger partial charge in [-0.3, -0.25) is 14.5 Å². The Labute approximate surface area is 222 Å². The van der Waals surface area contributed by atoms with Crippen LogP contribution in [0, 0.1) is 6.92 Å². The fourth-order valence-corrected chi connectivity index (χ4v) is 5.43. The summed E-state index contributed by atoms with van der Waals surface area (Å²) in [6.45, 7) is 2.39. The number of nitrogens with zero attached hydrogens (tertiary/aromatic N) is 3. The van der Waals surface area contributed by atoms with Gasteiger partial charge in [0.15, 0.2) is 16.6 Å². The van der Waals surface area contributed by atoms with Gasteiger partial charge in [-0.2, -0.15) is 0 Å². The molecule has 10 nitrogen and oxygen atoms in total. The highest BCUT2D eigenvalue weighted by Gasteiger charge is 2.48. The van der Waals surface area contributed by atoms with Crippen molar-refractivity contribution in [2.75, 3.05) is 44.2 Å². The highest BCUT2D eigenvalue weighted by molar-refractivity contribution is 7.17. The van der Waals surface area contributed by atoms with Crippen LogP contribution in [-0.2, 0) is 14.3 Å². The molecule has 1 atom stereocenters. The maximum absolute atomic E-state index is 13.4. The molecule has 2 aliphatic heterocycles. The van der Waals surface area contributed by atoms with Crippen molar-refractivity contribution in [2.24, 2.45) is 0 Å². The number of benzene rings is 2. The number of aliphatic hydroxyl groups excluding tert-OH is 1. The number of aliphatic hydroxyl groups is 1. The number of rotatable bonds is 5. The highest BCUT2D eigenvalue weighted by Crippen LogP contribution is 2.45. The van der Waals surface area contributed by atoms with Gasteiger partial charge >= 0.3 is 11.9 Å². The maximum Gasteiger partial charge on any atom is 0.350 e. The van der Waals surface area contributed by atoms with Gasteiger partial charge in [-0.05, 0) is 42.8 Å². The van der Waals surface area contributed by atoms with Crippen molar-refractivity contribution in [3.8, 4) is 11.5 Å². The summed E-state index contributed by atoms with van der Waals surface area (Å²) in [5, 5.41) is 11.6. The summed E-state index contributed by atoms with van der Waals surface area (Å²) >= 11 is 0.948. The maximum atomic E-state index is 13.4. The number of hydrogen-bond donors (Lipinski definition) is 1. The van der Waals surface area contributed by atoms with E-state index in [-0.39, 0.29) is 21.3 Å². The number of fused-ring (bicyclic) bond motifs is 1. The number of hydrogen-bond acceptors (Lipinski definition) is 10. The molecule has 0 bridgehead atoms. The van der Waals surface area contributed by atoms with Gasteiger partial charge in [0.1, 0.15) is 23.9 Å². The third-order valence-corrected chi connectivity index (χ3v) is 7.48. The van der Waals surface area contributed by atoms with Crippen molar-refractivity contribution in [3.63, 3.8) is 0 Å². The summed E-state index contributed by atoms with van der Waals surface area (Å²) in [6, 6.07) is 11.1. The first kappa shape index (κ1) is 25.3. The normalized spacial score (nSPS) is 18.0. The molecule has 1 unspecified atom stereocenters. The van der Waals surface area contributed by atoms with Crippen LogP contribution in [0.2, 0.25) is 0 Å². The second-order valence-electron chi connectivity index (χ2n) is 8.92. The second kappa shape index (κ2) is 9.82. The fourth-order valence-electron chi connectivity index (χ4n) is 4.41. The van der Waals surface area contributed by atoms with Crippen LogP contribution >= 0.6 is 11.3 Å². The molecule has 2 aromatic carbocycles. The zero-order valence-electron chi connectivity index (χ0n) is 21.2. The minimum atomic E-state index is -0.990. The number of thiazole rings is 1. The quantitative estimate of drug-likeness (QED) is 0.226. The van der Waals surface area contributed by atoms with Crippen molar-refractivity contribution < 1.29 is 33.7 Å². The molecule has 0 aliphatic carbocycles. The van der Waals surface area contributed by atoms with Crippen LogP contribution in [0.5, 0.6) is 11.5 Å². The molecule has 2 aliphatic rings. The summed E-state index contributed by atoms with van der Waals surface area (Å²) in [6.07, 6.45) is 0. The highest BCUT2D eigenvalue weighted by atomic mass is 32.1.